The number of carbonyl (C=O) groups is 1. The van der Waals surface area contributed by atoms with E-state index in [0.717, 1.165) is 5.56 Å². The lowest BCUT2D eigenvalue weighted by Crippen LogP contribution is -2.41. The number of nitrogens with one attached hydrogen (secondary N) is 2. The lowest BCUT2D eigenvalue weighted by atomic mass is 10.1. The van der Waals surface area contributed by atoms with E-state index in [1.165, 1.54) is 6.07 Å². The fraction of sp³-hybridized carbons (Fsp3) is 0.560. The van der Waals surface area contributed by atoms with Crippen molar-refractivity contribution in [3.8, 4) is 0 Å². The van der Waals surface area contributed by atoms with Gasteiger partial charge in [0.2, 0.25) is 0 Å². The molecule has 34 heavy (non-hydrogen) atoms. The second-order valence-electron chi connectivity index (χ2n) is 11.0. The average Bonchev–Trinajstić information content (AvgIpc) is 2.66. The molecular formula is C25H38ClN3O4Si. The predicted octanol–water partition coefficient (Wildman–Crippen LogP) is 5.80. The van der Waals surface area contributed by atoms with Crippen LogP contribution < -0.4 is 10.9 Å². The zero-order valence-corrected chi connectivity index (χ0v) is 23.3. The number of aromatic amines is 1. The number of amides is 1. The summed E-state index contributed by atoms with van der Waals surface area (Å²) < 4.78 is 11.7. The van der Waals surface area contributed by atoms with E-state index in [-0.39, 0.29) is 10.6 Å². The van der Waals surface area contributed by atoms with E-state index in [9.17, 15) is 9.59 Å². The molecule has 2 N–H and O–H groups in total. The number of nitrogens with zero attached hydrogens (tertiary/aromatic N) is 1. The molecule has 7 nitrogen and oxygen atoms in total. The molecule has 0 spiro atoms. The Balaban J connectivity index is 2.26. The van der Waals surface area contributed by atoms with Crippen molar-refractivity contribution in [1.29, 1.82) is 0 Å². The minimum Gasteiger partial charge on any atom is -0.444 e. The molecule has 1 atom stereocenters. The van der Waals surface area contributed by atoms with Gasteiger partial charge in [-0.2, -0.15) is 0 Å². The van der Waals surface area contributed by atoms with Crippen LogP contribution in [0, 0.1) is 0 Å². The quantitative estimate of drug-likeness (QED) is 0.440. The van der Waals surface area contributed by atoms with Crippen LogP contribution in [0.2, 0.25) is 23.2 Å². The van der Waals surface area contributed by atoms with Crippen LogP contribution >= 0.6 is 11.6 Å². The third-order valence-corrected chi connectivity index (χ3v) is 10.6. The molecule has 0 fully saturated rings. The van der Waals surface area contributed by atoms with Gasteiger partial charge in [0, 0.05) is 30.5 Å². The first-order valence-corrected chi connectivity index (χ1v) is 14.8. The Kier molecular flexibility index (Phi) is 9.13. The van der Waals surface area contributed by atoms with Crippen LogP contribution in [0.1, 0.15) is 64.7 Å². The van der Waals surface area contributed by atoms with Crippen molar-refractivity contribution < 1.29 is 14.0 Å². The summed E-state index contributed by atoms with van der Waals surface area (Å²) in [7, 11) is -1.91. The minimum atomic E-state index is -1.91. The number of carbonyl (C=O) groups excluding carboxylic acids is 1. The second-order valence-corrected chi connectivity index (χ2v) is 16.3. The summed E-state index contributed by atoms with van der Waals surface area (Å²) in [5, 5.41) is 3.58. The van der Waals surface area contributed by atoms with E-state index in [1.54, 1.807) is 32.9 Å². The van der Waals surface area contributed by atoms with Gasteiger partial charge in [0.05, 0.1) is 11.7 Å². The molecule has 1 unspecified atom stereocenters. The highest BCUT2D eigenvalue weighted by atomic mass is 35.5. The van der Waals surface area contributed by atoms with Crippen molar-refractivity contribution in [2.75, 3.05) is 6.61 Å². The van der Waals surface area contributed by atoms with Crippen LogP contribution in [0.4, 0.5) is 4.79 Å². The maximum Gasteiger partial charge on any atom is 0.408 e. The highest BCUT2D eigenvalue weighted by Gasteiger charge is 2.36. The number of aromatic nitrogens is 2. The van der Waals surface area contributed by atoms with Gasteiger partial charge < -0.3 is 19.5 Å². The van der Waals surface area contributed by atoms with E-state index in [1.807, 2.05) is 12.1 Å². The van der Waals surface area contributed by atoms with Crippen molar-refractivity contribution in [3.05, 3.63) is 62.8 Å². The lowest BCUT2D eigenvalue weighted by Gasteiger charge is -2.36. The van der Waals surface area contributed by atoms with Crippen molar-refractivity contribution >= 4 is 26.0 Å². The fourth-order valence-corrected chi connectivity index (χ4v) is 4.14. The molecule has 1 aromatic carbocycles. The first kappa shape index (κ1) is 28.1. The highest BCUT2D eigenvalue weighted by molar-refractivity contribution is 6.74. The summed E-state index contributed by atoms with van der Waals surface area (Å²) >= 11 is 6.01. The molecule has 1 amide bonds. The number of benzene rings is 1. The van der Waals surface area contributed by atoms with Gasteiger partial charge in [0.1, 0.15) is 11.4 Å². The third kappa shape index (κ3) is 8.89. The number of hydrogen-bond acceptors (Lipinski definition) is 5. The van der Waals surface area contributed by atoms with Crippen molar-refractivity contribution in [2.45, 2.75) is 84.2 Å². The van der Waals surface area contributed by atoms with Crippen LogP contribution in [0.25, 0.3) is 0 Å². The van der Waals surface area contributed by atoms with E-state index >= 15 is 0 Å². The summed E-state index contributed by atoms with van der Waals surface area (Å²) in [6.45, 7) is 16.8. The maximum atomic E-state index is 12.5. The van der Waals surface area contributed by atoms with Crippen LogP contribution in [-0.4, -0.2) is 36.6 Å². The number of alkyl carbamates (subject to hydrolysis) is 1. The first-order chi connectivity index (χ1) is 15.6. The minimum absolute atomic E-state index is 0.0980. The van der Waals surface area contributed by atoms with Crippen LogP contribution in [0.5, 0.6) is 0 Å². The van der Waals surface area contributed by atoms with Gasteiger partial charge >= 0.3 is 6.09 Å². The van der Waals surface area contributed by atoms with Gasteiger partial charge in [-0.15, -0.1) is 0 Å². The summed E-state index contributed by atoms with van der Waals surface area (Å²) in [4.78, 5) is 32.4. The molecule has 0 aliphatic carbocycles. The summed E-state index contributed by atoms with van der Waals surface area (Å²) in [6.07, 6.45) is 0.327. The first-order valence-electron chi connectivity index (χ1n) is 11.5. The molecule has 188 valence electrons. The Morgan fingerprint density at radius 2 is 1.76 bits per heavy atom. The Morgan fingerprint density at radius 1 is 1.15 bits per heavy atom. The molecular weight excluding hydrogens is 470 g/mol. The number of ether oxygens (including phenoxy) is 1. The maximum absolute atomic E-state index is 12.5. The van der Waals surface area contributed by atoms with Gasteiger partial charge in [-0.05, 0) is 56.6 Å². The van der Waals surface area contributed by atoms with Crippen LogP contribution in [0.3, 0.4) is 0 Å². The average molecular weight is 508 g/mol. The van der Waals surface area contributed by atoms with E-state index in [4.69, 9.17) is 20.8 Å². The molecule has 0 aliphatic rings. The van der Waals surface area contributed by atoms with Crippen molar-refractivity contribution in [3.63, 3.8) is 0 Å². The van der Waals surface area contributed by atoms with Gasteiger partial charge in [-0.3, -0.25) is 4.79 Å². The predicted molar refractivity (Wildman–Crippen MR) is 139 cm³/mol. The topological polar surface area (TPSA) is 93.3 Å². The zero-order chi connectivity index (χ0) is 25.7. The Hall–Kier alpha value is -2.16. The monoisotopic (exact) mass is 507 g/mol. The number of hydrogen-bond donors (Lipinski definition) is 2. The summed E-state index contributed by atoms with van der Waals surface area (Å²) in [5.74, 6) is 0.371. The van der Waals surface area contributed by atoms with E-state index in [2.05, 4.69) is 49.1 Å². The normalized spacial score (nSPS) is 13.4. The standard InChI is InChI=1S/C25H38ClN3O4Si/c1-24(2,3)33-23(31)28-20(15-17-9-11-18(26)12-10-17)22-27-19(16-21(30)29-22)13-14-32-34(7,8)25(4,5)6/h9-12,16,20H,13-15H2,1-8H3,(H,28,31)(H,27,29,30). The number of rotatable bonds is 8. The molecule has 0 aliphatic heterocycles. The van der Waals surface area contributed by atoms with E-state index < -0.39 is 26.1 Å². The Morgan fingerprint density at radius 3 is 2.32 bits per heavy atom. The molecule has 9 heteroatoms. The summed E-state index contributed by atoms with van der Waals surface area (Å²) in [6, 6.07) is 8.21. The van der Waals surface area contributed by atoms with E-state index in [0.29, 0.717) is 36.0 Å². The van der Waals surface area contributed by atoms with Gasteiger partial charge in [-0.1, -0.05) is 44.5 Å². The Labute approximate surface area is 208 Å². The van der Waals surface area contributed by atoms with Crippen LogP contribution in [-0.2, 0) is 22.0 Å². The molecule has 1 aromatic heterocycles. The van der Waals surface area contributed by atoms with Crippen molar-refractivity contribution in [2.24, 2.45) is 0 Å². The molecule has 1 heterocycles. The largest absolute Gasteiger partial charge is 0.444 e. The molecule has 2 aromatic rings. The molecule has 2 rings (SSSR count). The molecule has 0 radical (unpaired) electrons. The lowest BCUT2D eigenvalue weighted by molar-refractivity contribution is 0.0501. The fourth-order valence-electron chi connectivity index (χ4n) is 2.97. The van der Waals surface area contributed by atoms with Crippen molar-refractivity contribution in [1.82, 2.24) is 15.3 Å². The van der Waals surface area contributed by atoms with Gasteiger partial charge in [0.25, 0.3) is 5.56 Å². The molecule has 0 saturated carbocycles. The summed E-state index contributed by atoms with van der Waals surface area (Å²) in [5.41, 5.74) is 0.613. The smallest absolute Gasteiger partial charge is 0.408 e. The highest BCUT2D eigenvalue weighted by Crippen LogP contribution is 2.36. The SMILES string of the molecule is CC(C)(C)OC(=O)NC(Cc1ccc(Cl)cc1)c1nc(CCO[Si](C)(C)C(C)(C)C)cc(=O)[nH]1. The second kappa shape index (κ2) is 11.1. The van der Waals surface area contributed by atoms with Gasteiger partial charge in [0.15, 0.2) is 8.32 Å². The third-order valence-electron chi connectivity index (χ3n) is 5.81. The number of H-pyrrole nitrogens is 1. The molecule has 0 saturated heterocycles. The molecule has 0 bridgehead atoms. The number of halogens is 1. The Bertz CT molecular complexity index is 1020. The van der Waals surface area contributed by atoms with Gasteiger partial charge in [-0.25, -0.2) is 9.78 Å². The zero-order valence-electron chi connectivity index (χ0n) is 21.5. The van der Waals surface area contributed by atoms with Crippen LogP contribution in [0.15, 0.2) is 35.1 Å².